The molecule has 2 bridgehead atoms. The van der Waals surface area contributed by atoms with Crippen molar-refractivity contribution in [1.82, 2.24) is 4.90 Å². The number of carboxylic acids is 1. The molecule has 12 heteroatoms. The van der Waals surface area contributed by atoms with E-state index in [-0.39, 0.29) is 54.0 Å². The van der Waals surface area contributed by atoms with Gasteiger partial charge >= 0.3 is 5.97 Å². The van der Waals surface area contributed by atoms with Crippen LogP contribution in [0.1, 0.15) is 40.9 Å². The molecule has 2 amide bonds. The molecule has 0 saturated carbocycles. The zero-order chi connectivity index (χ0) is 29.7. The number of hydrogen-bond acceptors (Lipinski definition) is 5. The predicted molar refractivity (Wildman–Crippen MR) is 152 cm³/mol. The summed E-state index contributed by atoms with van der Waals surface area (Å²) in [5.41, 5.74) is 10.7. The molecule has 10 nitrogen and oxygen atoms in total. The molecule has 2 aromatic rings. The van der Waals surface area contributed by atoms with Gasteiger partial charge in [-0.15, -0.1) is 0 Å². The average molecular weight is 644 g/mol. The topological polar surface area (TPSA) is 138 Å². The number of ketones is 1. The van der Waals surface area contributed by atoms with Crippen molar-refractivity contribution in [2.45, 2.75) is 32.5 Å². The van der Waals surface area contributed by atoms with E-state index in [1.54, 1.807) is 19.1 Å². The van der Waals surface area contributed by atoms with Crippen LogP contribution in [0, 0.1) is 11.8 Å². The third-order valence-electron chi connectivity index (χ3n) is 10.7. The van der Waals surface area contributed by atoms with Gasteiger partial charge in [0.05, 0.1) is 18.1 Å². The number of nitrogens with zero attached hydrogens (tertiary/aromatic N) is 3. The Kier molecular flexibility index (Phi) is 8.00. The molecule has 0 unspecified atom stereocenters. The number of halogens is 2. The molecule has 8 rings (SSSR count). The molecule has 4 fully saturated rings. The number of carboxylic acid groups (broad SMARTS) is 1. The molecule has 44 heavy (non-hydrogen) atoms. The SMILES string of the molecule is C[C@@H](O)[C@H]1C(=O)N2C(C(=O)O)=C(c3ccc4c(c3)-c3ccc(C[N+]56CC[N+](CC(N)=O)(CC5)CC6)cc3C4=O)[C@H](C)[C@H]12.[Cl-].[Cl-]. The maximum absolute atomic E-state index is 13.5. The number of aliphatic hydroxyl groups excluding tert-OH is 1. The van der Waals surface area contributed by atoms with Crippen LogP contribution in [-0.4, -0.2) is 106 Å². The smallest absolute Gasteiger partial charge is 0.352 e. The number of carbonyl (C=O) groups is 4. The van der Waals surface area contributed by atoms with Crippen molar-refractivity contribution in [3.05, 3.63) is 64.3 Å². The molecule has 0 aromatic heterocycles. The Morgan fingerprint density at radius 2 is 1.55 bits per heavy atom. The Hall–Kier alpha value is -3.28. The number of piperazine rings is 3. The highest BCUT2D eigenvalue weighted by molar-refractivity contribution is 6.22. The predicted octanol–water partition coefficient (Wildman–Crippen LogP) is -4.79. The van der Waals surface area contributed by atoms with Crippen LogP contribution < -0.4 is 30.5 Å². The first-order chi connectivity index (χ1) is 19.9. The zero-order valence-electron chi connectivity index (χ0n) is 24.6. The van der Waals surface area contributed by atoms with Crippen LogP contribution >= 0.6 is 0 Å². The lowest BCUT2D eigenvalue weighted by molar-refractivity contribution is -1.08. The number of aliphatic carboxylic acids is 1. The van der Waals surface area contributed by atoms with Gasteiger partial charge in [-0.1, -0.05) is 25.1 Å². The molecule has 4 N–H and O–H groups in total. The van der Waals surface area contributed by atoms with Gasteiger partial charge in [-0.2, -0.15) is 0 Å². The number of benzene rings is 2. The van der Waals surface area contributed by atoms with E-state index in [9.17, 15) is 29.4 Å². The molecular weight excluding hydrogens is 607 g/mol. The van der Waals surface area contributed by atoms with E-state index < -0.39 is 24.0 Å². The normalized spacial score (nSPS) is 30.1. The second-order valence-corrected chi connectivity index (χ2v) is 13.1. The Morgan fingerprint density at radius 3 is 2.14 bits per heavy atom. The third kappa shape index (κ3) is 4.58. The van der Waals surface area contributed by atoms with Crippen LogP contribution in [0.4, 0.5) is 0 Å². The van der Waals surface area contributed by atoms with E-state index in [0.717, 1.165) is 71.5 Å². The van der Waals surface area contributed by atoms with Crippen molar-refractivity contribution in [3.63, 3.8) is 0 Å². The van der Waals surface area contributed by atoms with Gasteiger partial charge in [0.1, 0.15) is 51.5 Å². The number of carbonyl (C=O) groups excluding carboxylic acids is 3. The first kappa shape index (κ1) is 32.1. The standard InChI is InChI=1S/C32H34N4O6.2ClH/c1-17-26(29(32(41)42)34-28(17)27(18(2)37)31(34)40)20-4-6-22-23(14-20)21-5-3-19(13-24(21)30(22)39)15-35-7-10-36(11-8-35,12-9-35)16-25(33)38;;/h3-6,13-14,17-18,27-28,37H,7-12,15-16H2,1-2H3,(H-2,33,38,41,42);2*1H/t17-,18+,27+,28+,35?,36?;;/m0../s1. The number of aliphatic hydroxyl groups is 1. The van der Waals surface area contributed by atoms with E-state index >= 15 is 0 Å². The van der Waals surface area contributed by atoms with Crippen molar-refractivity contribution in [3.8, 4) is 11.1 Å². The highest BCUT2D eigenvalue weighted by Gasteiger charge is 2.60. The van der Waals surface area contributed by atoms with Crippen LogP contribution in [0.5, 0.6) is 0 Å². The van der Waals surface area contributed by atoms with Gasteiger partial charge in [-0.25, -0.2) is 4.79 Å². The largest absolute Gasteiger partial charge is 1.00 e. The second-order valence-electron chi connectivity index (χ2n) is 13.1. The maximum Gasteiger partial charge on any atom is 0.352 e. The molecule has 4 saturated heterocycles. The van der Waals surface area contributed by atoms with Gasteiger partial charge in [0.15, 0.2) is 12.3 Å². The molecule has 0 radical (unpaired) electrons. The highest BCUT2D eigenvalue weighted by atomic mass is 35.5. The number of nitrogens with two attached hydrogens (primary N) is 1. The fraction of sp³-hybridized carbons (Fsp3) is 0.438. The molecule has 5 aliphatic heterocycles. The van der Waals surface area contributed by atoms with E-state index in [2.05, 4.69) is 6.07 Å². The summed E-state index contributed by atoms with van der Waals surface area (Å²) in [5.74, 6) is -2.73. The minimum atomic E-state index is -1.17. The molecule has 2 aromatic carbocycles. The molecule has 234 valence electrons. The summed E-state index contributed by atoms with van der Waals surface area (Å²) < 4.78 is 1.75. The number of hydrogen-bond donors (Lipinski definition) is 3. The number of β-lactam (4-membered cyclic amide) rings is 1. The number of fused-ring (bicyclic) bond motifs is 7. The summed E-state index contributed by atoms with van der Waals surface area (Å²) >= 11 is 0. The monoisotopic (exact) mass is 642 g/mol. The summed E-state index contributed by atoms with van der Waals surface area (Å²) in [6, 6.07) is 11.1. The molecule has 5 heterocycles. The zero-order valence-corrected chi connectivity index (χ0v) is 26.1. The van der Waals surface area contributed by atoms with Gasteiger partial charge in [-0.3, -0.25) is 14.4 Å². The molecule has 6 aliphatic rings. The fourth-order valence-corrected chi connectivity index (χ4v) is 8.48. The number of quaternary nitrogens is 2. The van der Waals surface area contributed by atoms with E-state index in [1.807, 2.05) is 25.1 Å². The Morgan fingerprint density at radius 1 is 0.932 bits per heavy atom. The van der Waals surface area contributed by atoms with Crippen molar-refractivity contribution in [2.75, 3.05) is 45.8 Å². The van der Waals surface area contributed by atoms with E-state index in [1.165, 1.54) is 4.90 Å². The van der Waals surface area contributed by atoms with Crippen LogP contribution in [-0.2, 0) is 20.9 Å². The molecule has 4 atom stereocenters. The minimum Gasteiger partial charge on any atom is -1.00 e. The first-order valence-corrected chi connectivity index (χ1v) is 14.7. The van der Waals surface area contributed by atoms with Gasteiger partial charge in [0.25, 0.3) is 5.91 Å². The van der Waals surface area contributed by atoms with Gasteiger partial charge in [0.2, 0.25) is 5.91 Å². The number of primary amides is 1. The lowest BCUT2D eigenvalue weighted by Crippen LogP contribution is -3.00. The Balaban J connectivity index is 0.00000192. The van der Waals surface area contributed by atoms with Crippen LogP contribution in [0.25, 0.3) is 16.7 Å². The summed E-state index contributed by atoms with van der Waals surface area (Å²) in [5, 5.41) is 20.3. The van der Waals surface area contributed by atoms with Crippen molar-refractivity contribution in [1.29, 1.82) is 0 Å². The van der Waals surface area contributed by atoms with E-state index in [0.29, 0.717) is 28.8 Å². The van der Waals surface area contributed by atoms with Crippen LogP contribution in [0.3, 0.4) is 0 Å². The summed E-state index contributed by atoms with van der Waals surface area (Å²) in [6.07, 6.45) is -0.869. The highest BCUT2D eigenvalue weighted by Crippen LogP contribution is 2.51. The molecular formula is C32H36Cl2N4O6. The summed E-state index contributed by atoms with van der Waals surface area (Å²) in [4.78, 5) is 51.6. The van der Waals surface area contributed by atoms with Crippen molar-refractivity contribution >= 4 is 29.1 Å². The average Bonchev–Trinajstić information content (AvgIpc) is 3.37. The Labute approximate surface area is 268 Å². The maximum atomic E-state index is 13.5. The first-order valence-electron chi connectivity index (χ1n) is 14.7. The van der Waals surface area contributed by atoms with Crippen LogP contribution in [0.2, 0.25) is 0 Å². The van der Waals surface area contributed by atoms with Crippen LogP contribution in [0.15, 0.2) is 42.1 Å². The molecule has 0 spiro atoms. The third-order valence-corrected chi connectivity index (χ3v) is 10.7. The lowest BCUT2D eigenvalue weighted by atomic mass is 9.76. The summed E-state index contributed by atoms with van der Waals surface area (Å²) in [7, 11) is 0. The van der Waals surface area contributed by atoms with Gasteiger partial charge < -0.3 is 54.6 Å². The Bertz CT molecular complexity index is 1610. The van der Waals surface area contributed by atoms with Crippen molar-refractivity contribution < 1.29 is 63.2 Å². The lowest BCUT2D eigenvalue weighted by Gasteiger charge is -2.55. The molecule has 1 aliphatic carbocycles. The minimum absolute atomic E-state index is 0. The van der Waals surface area contributed by atoms with Gasteiger partial charge in [-0.05, 0) is 47.4 Å². The van der Waals surface area contributed by atoms with Gasteiger partial charge in [0, 0.05) is 22.6 Å². The quantitative estimate of drug-likeness (QED) is 0.175. The number of amides is 2. The van der Waals surface area contributed by atoms with Crippen molar-refractivity contribution in [2.24, 2.45) is 17.6 Å². The fourth-order valence-electron chi connectivity index (χ4n) is 8.48. The van der Waals surface area contributed by atoms with E-state index in [4.69, 9.17) is 5.73 Å². The number of rotatable bonds is 7. The summed E-state index contributed by atoms with van der Waals surface area (Å²) in [6.45, 7) is 10.5. The second kappa shape index (κ2) is 11.0.